The quantitative estimate of drug-likeness (QED) is 0.316. The zero-order chi connectivity index (χ0) is 12.0. The Bertz CT molecular complexity index is 566. The number of carbonyl (C=O) groups is 2. The van der Waals surface area contributed by atoms with Gasteiger partial charge < -0.3 is 14.4 Å². The third-order valence-corrected chi connectivity index (χ3v) is 3.59. The number of thioether (sulfide) groups is 1. The summed E-state index contributed by atoms with van der Waals surface area (Å²) in [6.07, 6.45) is 2.99. The van der Waals surface area contributed by atoms with E-state index in [4.69, 9.17) is 0 Å². The molecule has 1 fully saturated rings. The second kappa shape index (κ2) is 4.93. The van der Waals surface area contributed by atoms with Crippen molar-refractivity contribution in [3.63, 3.8) is 0 Å². The van der Waals surface area contributed by atoms with Gasteiger partial charge in [-0.05, 0) is 11.5 Å². The fraction of sp³-hybridized carbons (Fsp3) is 0.100. The predicted octanol–water partition coefficient (Wildman–Crippen LogP) is -3.43. The Labute approximate surface area is 128 Å². The number of hydrogen-bond donors (Lipinski definition) is 0. The molecule has 1 atom stereocenters. The number of fused-ring (bicyclic) bond motifs is 1. The van der Waals surface area contributed by atoms with E-state index in [1.807, 2.05) is 0 Å². The Morgan fingerprint density at radius 3 is 3.00 bits per heavy atom. The first kappa shape index (κ1) is 13.4. The molecule has 0 N–H and O–H groups in total. The topological polar surface area (TPSA) is 86.5 Å². The molecule has 1 aromatic rings. The average Bonchev–Trinajstić information content (AvgIpc) is 2.93. The van der Waals surface area contributed by atoms with Crippen LogP contribution in [0.5, 0.6) is 0 Å². The first-order valence-corrected chi connectivity index (χ1v) is 5.65. The van der Waals surface area contributed by atoms with Crippen LogP contribution in [0.15, 0.2) is 33.5 Å². The Hall–Kier alpha value is -1.02. The smallest absolute Gasteiger partial charge is 0.543 e. The van der Waals surface area contributed by atoms with Crippen molar-refractivity contribution in [3.05, 3.63) is 34.7 Å². The molecule has 0 aromatic carbocycles. The van der Waals surface area contributed by atoms with Gasteiger partial charge in [-0.15, -0.1) is 11.8 Å². The molecular weight excluding hydrogens is 267 g/mol. The number of nitrogens with zero attached hydrogens (tertiary/aromatic N) is 2. The van der Waals surface area contributed by atoms with E-state index in [0.717, 1.165) is 0 Å². The summed E-state index contributed by atoms with van der Waals surface area (Å²) < 4.78 is 4.65. The number of aromatic nitrogens is 1. The first-order valence-electron chi connectivity index (χ1n) is 4.71. The molecule has 2 aliphatic rings. The molecular formula is C10H5N2NaO4S. The minimum Gasteiger partial charge on any atom is -0.543 e. The molecule has 0 radical (unpaired) electrons. The number of amides is 1. The molecule has 2 aliphatic heterocycles. The molecule has 0 spiro atoms. The van der Waals surface area contributed by atoms with Crippen LogP contribution >= 0.6 is 11.8 Å². The molecule has 3 rings (SSSR count). The number of rotatable bonds is 2. The van der Waals surface area contributed by atoms with E-state index in [-0.39, 0.29) is 46.5 Å². The fourth-order valence-corrected chi connectivity index (χ4v) is 2.83. The second-order valence-electron chi connectivity index (χ2n) is 3.48. The van der Waals surface area contributed by atoms with Gasteiger partial charge in [-0.25, -0.2) is 0 Å². The van der Waals surface area contributed by atoms with Crippen LogP contribution in [-0.2, 0) is 9.59 Å². The summed E-state index contributed by atoms with van der Waals surface area (Å²) in [4.78, 5) is 23.7. The van der Waals surface area contributed by atoms with Crippen LogP contribution in [0.1, 0.15) is 5.69 Å². The molecule has 0 aliphatic carbocycles. The van der Waals surface area contributed by atoms with Gasteiger partial charge in [0.05, 0.1) is 17.2 Å². The van der Waals surface area contributed by atoms with Crippen molar-refractivity contribution in [1.82, 2.24) is 10.1 Å². The van der Waals surface area contributed by atoms with E-state index < -0.39 is 5.97 Å². The predicted molar refractivity (Wildman–Crippen MR) is 55.8 cm³/mol. The number of β-lactam (4-membered cyclic amide) rings is 1. The Kier molecular flexibility index (Phi) is 3.67. The van der Waals surface area contributed by atoms with Gasteiger partial charge in [0.1, 0.15) is 17.3 Å². The zero-order valence-corrected chi connectivity index (χ0v) is 12.1. The van der Waals surface area contributed by atoms with Crippen LogP contribution in [0.2, 0.25) is 0 Å². The van der Waals surface area contributed by atoms with E-state index in [1.54, 1.807) is 12.1 Å². The standard InChI is InChI=1S/C10H6N2O4S.Na/c13-8-6(3-5-1-2-16-11-5)9-12(8)7(4-17-9)10(14)15;/h1-4,9H,(H,14,15);/q;+1/p-1/b6-3+;/t9-;/m1./s1. The van der Waals surface area contributed by atoms with Crippen molar-refractivity contribution < 1.29 is 48.8 Å². The van der Waals surface area contributed by atoms with Gasteiger partial charge in [0.25, 0.3) is 5.91 Å². The number of aliphatic carboxylic acids is 1. The van der Waals surface area contributed by atoms with Gasteiger partial charge >= 0.3 is 29.6 Å². The molecule has 8 heteroatoms. The summed E-state index contributed by atoms with van der Waals surface area (Å²) in [6, 6.07) is 1.62. The van der Waals surface area contributed by atoms with Crippen molar-refractivity contribution >= 4 is 29.7 Å². The number of hydrogen-bond acceptors (Lipinski definition) is 6. The maximum absolute atomic E-state index is 11.7. The summed E-state index contributed by atoms with van der Waals surface area (Å²) >= 11 is 1.26. The first-order chi connectivity index (χ1) is 8.18. The summed E-state index contributed by atoms with van der Waals surface area (Å²) in [7, 11) is 0. The number of carbonyl (C=O) groups excluding carboxylic acids is 2. The summed E-state index contributed by atoms with van der Waals surface area (Å²) in [6.45, 7) is 0. The molecule has 18 heavy (non-hydrogen) atoms. The minimum absolute atomic E-state index is 0. The molecule has 3 heterocycles. The van der Waals surface area contributed by atoms with Crippen LogP contribution in [0.4, 0.5) is 0 Å². The van der Waals surface area contributed by atoms with Crippen molar-refractivity contribution in [1.29, 1.82) is 0 Å². The summed E-state index contributed by atoms with van der Waals surface area (Å²) in [5.74, 6) is -1.67. The molecule has 0 bridgehead atoms. The number of carboxylic acids is 1. The maximum Gasteiger partial charge on any atom is 1.00 e. The molecule has 6 nitrogen and oxygen atoms in total. The Morgan fingerprint density at radius 2 is 2.39 bits per heavy atom. The molecule has 0 saturated carbocycles. The molecule has 1 aromatic heterocycles. The van der Waals surface area contributed by atoms with Crippen molar-refractivity contribution in [2.45, 2.75) is 5.37 Å². The fourth-order valence-electron chi connectivity index (χ4n) is 1.71. The van der Waals surface area contributed by atoms with Crippen LogP contribution in [-0.4, -0.2) is 27.3 Å². The summed E-state index contributed by atoms with van der Waals surface area (Å²) in [5, 5.41) is 15.5. The molecule has 86 valence electrons. The maximum atomic E-state index is 11.7. The van der Waals surface area contributed by atoms with Crippen LogP contribution in [0.3, 0.4) is 0 Å². The molecule has 0 unspecified atom stereocenters. The monoisotopic (exact) mass is 272 g/mol. The average molecular weight is 272 g/mol. The van der Waals surface area contributed by atoms with E-state index in [0.29, 0.717) is 11.3 Å². The van der Waals surface area contributed by atoms with Crippen molar-refractivity contribution in [2.75, 3.05) is 0 Å². The van der Waals surface area contributed by atoms with Gasteiger partial charge in [0, 0.05) is 6.07 Å². The van der Waals surface area contributed by atoms with Gasteiger partial charge in [-0.1, -0.05) is 5.16 Å². The second-order valence-corrected chi connectivity index (χ2v) is 4.43. The molecule has 1 saturated heterocycles. The third kappa shape index (κ3) is 1.93. The minimum atomic E-state index is -1.34. The summed E-state index contributed by atoms with van der Waals surface area (Å²) in [5.41, 5.74) is 0.967. The van der Waals surface area contributed by atoms with Gasteiger partial charge in [-0.2, -0.15) is 0 Å². The third-order valence-electron chi connectivity index (χ3n) is 2.50. The van der Waals surface area contributed by atoms with Gasteiger partial charge in [0.15, 0.2) is 0 Å². The van der Waals surface area contributed by atoms with Crippen LogP contribution < -0.4 is 34.7 Å². The number of carboxylic acid groups (broad SMARTS) is 1. The van der Waals surface area contributed by atoms with E-state index in [9.17, 15) is 14.7 Å². The van der Waals surface area contributed by atoms with Gasteiger partial charge in [-0.3, -0.25) is 9.69 Å². The van der Waals surface area contributed by atoms with E-state index in [2.05, 4.69) is 9.68 Å². The van der Waals surface area contributed by atoms with Crippen molar-refractivity contribution in [3.8, 4) is 0 Å². The van der Waals surface area contributed by atoms with E-state index >= 15 is 0 Å². The largest absolute Gasteiger partial charge is 1.00 e. The van der Waals surface area contributed by atoms with Crippen LogP contribution in [0.25, 0.3) is 6.08 Å². The Morgan fingerprint density at radius 1 is 1.61 bits per heavy atom. The van der Waals surface area contributed by atoms with E-state index in [1.165, 1.54) is 28.3 Å². The van der Waals surface area contributed by atoms with Gasteiger partial charge in [0.2, 0.25) is 0 Å². The Balaban J connectivity index is 0.00000120. The van der Waals surface area contributed by atoms with Crippen LogP contribution in [0, 0.1) is 0 Å². The normalized spacial score (nSPS) is 23.2. The zero-order valence-electron chi connectivity index (χ0n) is 9.32. The molecule has 1 amide bonds. The van der Waals surface area contributed by atoms with Crippen molar-refractivity contribution in [2.24, 2.45) is 0 Å². The SMILES string of the molecule is O=C([O-])C1=CS[C@@H]2/C(=C/c3ccon3)C(=O)N12.[Na+].